The zero-order valence-corrected chi connectivity index (χ0v) is 60.8. The number of carbonyl (C=O) groups excluding carboxylic acids is 10. The van der Waals surface area contributed by atoms with Gasteiger partial charge in [-0.05, 0) is 80.2 Å². The molecule has 3 rings (SSSR count). The Morgan fingerprint density at radius 3 is 1.03 bits per heavy atom. The van der Waals surface area contributed by atoms with Gasteiger partial charge in [-0.15, -0.1) is 0 Å². The standard InChI is InChI=1S/C76H112N10O19/c1-3-5-7-9-11-13-15-17-25-34-63(88)77-46-28-27-33-56(80-64(89)35-26-18-16-14-12-10-8-6-4-2)72(101)85-61(47-52-29-21-19-22-30-52)76(105)86-62(48-53-31-23-20-24-32-53)75(104)84-60(49-54-36-38-55(87)39-37-54)71(100)78-50-65(90)81-58(41-44-67(93)94)73(102)83-59(42-45-68(95)96)74(103)82-57(40-43-66(91)92)70(99)79-51-69(97)98/h19-24,29-32,36-39,56-62,87H,3-18,25-28,33-35,40-51H2,1-2H3,(H,77,88)(H,78,100)(H,79,99)(H,80,89)(H,81,90)(H,82,103)(H,83,102)(H,84,104)(H,85,101)(H,86,105)(H,91,92)(H,93,94)(H,95,96)(H,97,98)/t56-,57-,58-,59-,60-,61-,62-/m0/s1. The molecule has 15 N–H and O–H groups in total. The number of hydrogen-bond donors (Lipinski definition) is 15. The van der Waals surface area contributed by atoms with Gasteiger partial charge >= 0.3 is 23.9 Å². The number of aliphatic carboxylic acids is 4. The summed E-state index contributed by atoms with van der Waals surface area (Å²) < 4.78 is 0. The topological polar surface area (TPSA) is 460 Å². The largest absolute Gasteiger partial charge is 0.508 e. The van der Waals surface area contributed by atoms with E-state index in [2.05, 4.69) is 61.7 Å². The number of phenols is 1. The average Bonchev–Trinajstić information content (AvgIpc) is 0.853. The first-order valence-corrected chi connectivity index (χ1v) is 37.0. The van der Waals surface area contributed by atoms with Gasteiger partial charge in [0.05, 0.1) is 6.54 Å². The molecule has 3 aromatic carbocycles. The Labute approximate surface area is 614 Å². The molecule has 10 amide bonds. The maximum atomic E-state index is 15.0. The number of phenolic OH excluding ortho intramolecular Hbond substituents is 1. The Hall–Kier alpha value is -9.96. The lowest BCUT2D eigenvalue weighted by Gasteiger charge is -2.27. The predicted octanol–water partition coefficient (Wildman–Crippen LogP) is 5.85. The first kappa shape index (κ1) is 89.3. The Bertz CT molecular complexity index is 3200. The minimum absolute atomic E-state index is 0.0591. The summed E-state index contributed by atoms with van der Waals surface area (Å²) in [5.41, 5.74) is 1.57. The molecule has 0 aromatic heterocycles. The molecule has 3 aromatic rings. The van der Waals surface area contributed by atoms with Gasteiger partial charge in [0.15, 0.2) is 0 Å². The third-order valence-corrected chi connectivity index (χ3v) is 17.4. The molecule has 29 heteroatoms. The Balaban J connectivity index is 1.92. The average molecular weight is 1470 g/mol. The van der Waals surface area contributed by atoms with Crippen LogP contribution in [0.4, 0.5) is 0 Å². The monoisotopic (exact) mass is 1470 g/mol. The molecule has 0 aliphatic carbocycles. The molecule has 0 unspecified atom stereocenters. The lowest BCUT2D eigenvalue weighted by Crippen LogP contribution is -2.59. The lowest BCUT2D eigenvalue weighted by molar-refractivity contribution is -0.141. The molecule has 29 nitrogen and oxygen atoms in total. The van der Waals surface area contributed by atoms with E-state index < -0.39 is 165 Å². The van der Waals surface area contributed by atoms with Crippen molar-refractivity contribution in [2.75, 3.05) is 19.6 Å². The van der Waals surface area contributed by atoms with E-state index in [4.69, 9.17) is 5.11 Å². The van der Waals surface area contributed by atoms with Crippen molar-refractivity contribution in [3.05, 3.63) is 102 Å². The minimum atomic E-state index is -1.83. The predicted molar refractivity (Wildman–Crippen MR) is 390 cm³/mol. The summed E-state index contributed by atoms with van der Waals surface area (Å²) in [6, 6.07) is 12.0. The fraction of sp³-hybridized carbons (Fsp3) is 0.579. The van der Waals surface area contributed by atoms with E-state index in [-0.39, 0.29) is 49.7 Å². The molecule has 0 spiro atoms. The van der Waals surface area contributed by atoms with Gasteiger partial charge in [-0.25, -0.2) is 0 Å². The molecular weight excluding hydrogens is 1360 g/mol. The van der Waals surface area contributed by atoms with E-state index in [0.717, 1.165) is 64.2 Å². The summed E-state index contributed by atoms with van der Waals surface area (Å²) in [7, 11) is 0. The number of unbranched alkanes of at least 4 members (excludes halogenated alkanes) is 17. The van der Waals surface area contributed by atoms with Gasteiger partial charge in [0, 0.05) is 57.9 Å². The zero-order chi connectivity index (χ0) is 77.2. The molecule has 0 bridgehead atoms. The van der Waals surface area contributed by atoms with E-state index in [1.807, 2.05) is 5.32 Å². The van der Waals surface area contributed by atoms with Gasteiger partial charge in [0.1, 0.15) is 54.6 Å². The molecule has 105 heavy (non-hydrogen) atoms. The van der Waals surface area contributed by atoms with Crippen LogP contribution < -0.4 is 53.2 Å². The van der Waals surface area contributed by atoms with Gasteiger partial charge in [-0.2, -0.15) is 0 Å². The number of carbonyl (C=O) groups is 14. The summed E-state index contributed by atoms with van der Waals surface area (Å²) in [6.07, 6.45) is 16.4. The molecule has 0 radical (unpaired) electrons. The van der Waals surface area contributed by atoms with Crippen molar-refractivity contribution in [2.24, 2.45) is 0 Å². The smallest absolute Gasteiger partial charge is 0.322 e. The van der Waals surface area contributed by atoms with Gasteiger partial charge < -0.3 is 78.7 Å². The fourth-order valence-electron chi connectivity index (χ4n) is 11.5. The highest BCUT2D eigenvalue weighted by molar-refractivity contribution is 5.98. The van der Waals surface area contributed by atoms with E-state index >= 15 is 0 Å². The summed E-state index contributed by atoms with van der Waals surface area (Å²) in [6.45, 7) is 2.84. The van der Waals surface area contributed by atoms with Crippen molar-refractivity contribution >= 4 is 82.9 Å². The molecular formula is C76H112N10O19. The summed E-state index contributed by atoms with van der Waals surface area (Å²) in [5.74, 6) is -14.5. The Morgan fingerprint density at radius 1 is 0.286 bits per heavy atom. The minimum Gasteiger partial charge on any atom is -0.508 e. The van der Waals surface area contributed by atoms with E-state index in [9.17, 15) is 87.5 Å². The maximum absolute atomic E-state index is 15.0. The second kappa shape index (κ2) is 52.9. The van der Waals surface area contributed by atoms with Crippen LogP contribution in [-0.2, 0) is 86.4 Å². The number of benzene rings is 3. The Kier molecular flexibility index (Phi) is 45.0. The molecule has 0 aliphatic rings. The normalized spacial score (nSPS) is 12.9. The van der Waals surface area contributed by atoms with Gasteiger partial charge in [0.2, 0.25) is 59.1 Å². The maximum Gasteiger partial charge on any atom is 0.322 e. The van der Waals surface area contributed by atoms with Gasteiger partial charge in [-0.1, -0.05) is 189 Å². The summed E-state index contributed by atoms with van der Waals surface area (Å²) in [5, 5.41) is 72.9. The van der Waals surface area contributed by atoms with Crippen molar-refractivity contribution in [3.8, 4) is 5.75 Å². The van der Waals surface area contributed by atoms with Crippen molar-refractivity contribution < 1.29 is 92.7 Å². The van der Waals surface area contributed by atoms with Crippen LogP contribution in [0.25, 0.3) is 0 Å². The first-order chi connectivity index (χ1) is 50.4. The Morgan fingerprint density at radius 2 is 0.610 bits per heavy atom. The van der Waals surface area contributed by atoms with Gasteiger partial charge in [0.25, 0.3) is 0 Å². The van der Waals surface area contributed by atoms with Crippen LogP contribution in [0.5, 0.6) is 5.75 Å². The summed E-state index contributed by atoms with van der Waals surface area (Å²) in [4.78, 5) is 186. The number of hydrogen-bond acceptors (Lipinski definition) is 15. The molecule has 580 valence electrons. The number of aromatic hydroxyl groups is 1. The fourth-order valence-corrected chi connectivity index (χ4v) is 11.5. The molecule has 0 fully saturated rings. The molecule has 0 saturated heterocycles. The van der Waals surface area contributed by atoms with Crippen LogP contribution in [0.1, 0.15) is 217 Å². The van der Waals surface area contributed by atoms with Crippen LogP contribution in [0.15, 0.2) is 84.9 Å². The first-order valence-electron chi connectivity index (χ1n) is 37.0. The molecule has 0 heterocycles. The van der Waals surface area contributed by atoms with Crippen molar-refractivity contribution in [1.29, 1.82) is 0 Å². The van der Waals surface area contributed by atoms with Crippen molar-refractivity contribution in [3.63, 3.8) is 0 Å². The number of rotatable bonds is 58. The zero-order valence-electron chi connectivity index (χ0n) is 60.8. The second-order valence-corrected chi connectivity index (χ2v) is 26.4. The number of amides is 10. The molecule has 7 atom stereocenters. The van der Waals surface area contributed by atoms with E-state index in [0.29, 0.717) is 48.9 Å². The highest BCUT2D eigenvalue weighted by Gasteiger charge is 2.35. The van der Waals surface area contributed by atoms with E-state index in [1.54, 1.807) is 60.7 Å². The summed E-state index contributed by atoms with van der Waals surface area (Å²) >= 11 is 0. The van der Waals surface area contributed by atoms with Crippen molar-refractivity contribution in [1.82, 2.24) is 53.2 Å². The second-order valence-electron chi connectivity index (χ2n) is 26.4. The SMILES string of the molecule is CCCCCCCCCCCC(=O)NCCCC[C@H](NC(=O)CCCCCCCCCCC)C(=O)N[C@@H](Cc1ccccc1)C(=O)N[C@@H](Cc1ccccc1)C(=O)N[C@@H](Cc1ccc(O)cc1)C(=O)NCC(=O)N[C@@H](CCC(=O)O)C(=O)N[C@@H](CCC(=O)O)C(=O)N[C@@H](CCC(=O)O)C(=O)NCC(=O)O. The van der Waals surface area contributed by atoms with Crippen molar-refractivity contribution in [2.45, 2.75) is 262 Å². The van der Waals surface area contributed by atoms with Crippen LogP contribution >= 0.6 is 0 Å². The highest BCUT2D eigenvalue weighted by Crippen LogP contribution is 2.17. The number of nitrogens with one attached hydrogen (secondary N) is 10. The number of carboxylic acid groups (broad SMARTS) is 4. The molecule has 0 saturated carbocycles. The third-order valence-electron chi connectivity index (χ3n) is 17.4. The lowest BCUT2D eigenvalue weighted by atomic mass is 10.0. The number of carboxylic acids is 4. The van der Waals surface area contributed by atoms with Crippen LogP contribution in [-0.4, -0.2) is 170 Å². The van der Waals surface area contributed by atoms with Crippen LogP contribution in [0.3, 0.4) is 0 Å². The third kappa shape index (κ3) is 41.2. The highest BCUT2D eigenvalue weighted by atomic mass is 16.4. The van der Waals surface area contributed by atoms with Gasteiger partial charge in [-0.3, -0.25) is 67.1 Å². The van der Waals surface area contributed by atoms with Crippen LogP contribution in [0, 0.1) is 0 Å². The quantitative estimate of drug-likeness (QED) is 0.0294. The van der Waals surface area contributed by atoms with E-state index in [1.165, 1.54) is 69.2 Å². The molecule has 0 aliphatic heterocycles. The van der Waals surface area contributed by atoms with Crippen LogP contribution in [0.2, 0.25) is 0 Å².